The summed E-state index contributed by atoms with van der Waals surface area (Å²) in [6.07, 6.45) is 6.24. The molecule has 1 aromatic rings. The second-order valence-corrected chi connectivity index (χ2v) is 3.81. The topological polar surface area (TPSA) is 64.2 Å². The maximum Gasteiger partial charge on any atom is 0.203 e. The zero-order valence-corrected chi connectivity index (χ0v) is 8.55. The fourth-order valence-electron chi connectivity index (χ4n) is 1.01. The molecule has 13 heavy (non-hydrogen) atoms. The molecular formula is C8H14N4S. The van der Waals surface area contributed by atoms with Crippen LogP contribution in [0.5, 0.6) is 0 Å². The highest BCUT2D eigenvalue weighted by molar-refractivity contribution is 7.15. The van der Waals surface area contributed by atoms with E-state index in [9.17, 15) is 0 Å². The Morgan fingerprint density at radius 1 is 1.46 bits per heavy atom. The van der Waals surface area contributed by atoms with Crippen molar-refractivity contribution in [2.24, 2.45) is 4.99 Å². The minimum atomic E-state index is 0.560. The summed E-state index contributed by atoms with van der Waals surface area (Å²) in [6, 6.07) is 0. The molecule has 0 atom stereocenters. The van der Waals surface area contributed by atoms with Crippen molar-refractivity contribution in [1.82, 2.24) is 10.2 Å². The number of hydrogen-bond donors (Lipinski definition) is 1. The predicted octanol–water partition coefficient (Wildman–Crippen LogP) is 1.53. The van der Waals surface area contributed by atoms with Gasteiger partial charge in [-0.1, -0.05) is 11.3 Å². The lowest BCUT2D eigenvalue weighted by Crippen LogP contribution is -1.85. The maximum atomic E-state index is 5.45. The first-order chi connectivity index (χ1) is 6.33. The van der Waals surface area contributed by atoms with E-state index in [-0.39, 0.29) is 0 Å². The van der Waals surface area contributed by atoms with Crippen LogP contribution >= 0.6 is 11.3 Å². The van der Waals surface area contributed by atoms with Crippen molar-refractivity contribution in [3.05, 3.63) is 5.01 Å². The van der Waals surface area contributed by atoms with Gasteiger partial charge in [-0.25, -0.2) is 0 Å². The van der Waals surface area contributed by atoms with Crippen LogP contribution in [0.2, 0.25) is 0 Å². The van der Waals surface area contributed by atoms with Gasteiger partial charge in [0.1, 0.15) is 5.01 Å². The molecule has 0 amide bonds. The number of hydrogen-bond acceptors (Lipinski definition) is 5. The van der Waals surface area contributed by atoms with Gasteiger partial charge in [-0.2, -0.15) is 0 Å². The smallest absolute Gasteiger partial charge is 0.203 e. The van der Waals surface area contributed by atoms with Crippen molar-refractivity contribution in [1.29, 1.82) is 0 Å². The third-order valence-electron chi connectivity index (χ3n) is 1.64. The summed E-state index contributed by atoms with van der Waals surface area (Å²) in [7, 11) is 1.80. The Hall–Kier alpha value is -0.970. The number of rotatable bonds is 5. The number of anilines is 1. The van der Waals surface area contributed by atoms with Crippen LogP contribution in [0.4, 0.5) is 5.13 Å². The van der Waals surface area contributed by atoms with E-state index in [1.165, 1.54) is 11.3 Å². The molecule has 0 unspecified atom stereocenters. The Labute approximate surface area is 81.9 Å². The number of aryl methyl sites for hydroxylation is 1. The lowest BCUT2D eigenvalue weighted by atomic mass is 10.2. The number of aliphatic imine (C=N–C) groups is 1. The van der Waals surface area contributed by atoms with E-state index in [0.717, 1.165) is 30.7 Å². The highest BCUT2D eigenvalue weighted by Crippen LogP contribution is 2.13. The van der Waals surface area contributed by atoms with Gasteiger partial charge < -0.3 is 10.7 Å². The van der Waals surface area contributed by atoms with Crippen LogP contribution in [-0.2, 0) is 6.42 Å². The largest absolute Gasteiger partial charge is 0.374 e. The lowest BCUT2D eigenvalue weighted by molar-refractivity contribution is 0.754. The number of aromatic nitrogens is 2. The van der Waals surface area contributed by atoms with E-state index >= 15 is 0 Å². The van der Waals surface area contributed by atoms with Gasteiger partial charge in [-0.15, -0.1) is 10.2 Å². The van der Waals surface area contributed by atoms with Gasteiger partial charge in [0, 0.05) is 13.5 Å². The summed E-state index contributed by atoms with van der Waals surface area (Å²) < 4.78 is 0. The molecule has 2 N–H and O–H groups in total. The molecule has 72 valence electrons. The minimum absolute atomic E-state index is 0.560. The van der Waals surface area contributed by atoms with Crippen LogP contribution in [0.1, 0.15) is 24.3 Å². The number of nitrogens with two attached hydrogens (primary N) is 1. The van der Waals surface area contributed by atoms with Crippen LogP contribution in [0, 0.1) is 0 Å². The Morgan fingerprint density at radius 2 is 2.31 bits per heavy atom. The standard InChI is InChI=1S/C8H14N4S/c1-10-6-4-2-3-5-7-11-12-8(9)13-7/h6H,2-5H2,1H3,(H2,9,12)/b10-6-. The molecule has 0 radical (unpaired) electrons. The fourth-order valence-corrected chi connectivity index (χ4v) is 1.66. The van der Waals surface area contributed by atoms with E-state index < -0.39 is 0 Å². The average molecular weight is 198 g/mol. The van der Waals surface area contributed by atoms with Gasteiger partial charge in [0.05, 0.1) is 0 Å². The predicted molar refractivity (Wildman–Crippen MR) is 56.3 cm³/mol. The summed E-state index contributed by atoms with van der Waals surface area (Å²) in [4.78, 5) is 3.91. The third kappa shape index (κ3) is 3.98. The number of nitrogen functional groups attached to an aromatic ring is 1. The van der Waals surface area contributed by atoms with Gasteiger partial charge >= 0.3 is 0 Å². The molecular weight excluding hydrogens is 184 g/mol. The van der Waals surface area contributed by atoms with Crippen molar-refractivity contribution < 1.29 is 0 Å². The van der Waals surface area contributed by atoms with E-state index in [0.29, 0.717) is 5.13 Å². The monoisotopic (exact) mass is 198 g/mol. The molecule has 0 fully saturated rings. The quantitative estimate of drug-likeness (QED) is 0.576. The second-order valence-electron chi connectivity index (χ2n) is 2.72. The van der Waals surface area contributed by atoms with Crippen molar-refractivity contribution in [2.45, 2.75) is 25.7 Å². The normalized spacial score (nSPS) is 11.2. The van der Waals surface area contributed by atoms with Gasteiger partial charge in [0.2, 0.25) is 5.13 Å². The lowest BCUT2D eigenvalue weighted by Gasteiger charge is -1.92. The van der Waals surface area contributed by atoms with Crippen molar-refractivity contribution in [3.63, 3.8) is 0 Å². The summed E-state index contributed by atoms with van der Waals surface area (Å²) in [5.41, 5.74) is 5.45. The third-order valence-corrected chi connectivity index (χ3v) is 2.45. The zero-order valence-electron chi connectivity index (χ0n) is 7.73. The molecule has 1 heterocycles. The molecule has 0 aliphatic carbocycles. The SMILES string of the molecule is C/N=C\CCCCc1nnc(N)s1. The molecule has 0 aliphatic heterocycles. The highest BCUT2D eigenvalue weighted by atomic mass is 32.1. The van der Waals surface area contributed by atoms with Crippen molar-refractivity contribution in [3.8, 4) is 0 Å². The molecule has 0 bridgehead atoms. The fraction of sp³-hybridized carbons (Fsp3) is 0.625. The molecule has 0 aliphatic rings. The Bertz CT molecular complexity index is 269. The highest BCUT2D eigenvalue weighted by Gasteiger charge is 1.99. The van der Waals surface area contributed by atoms with Crippen LogP contribution in [0.3, 0.4) is 0 Å². The van der Waals surface area contributed by atoms with E-state index in [1.807, 2.05) is 6.21 Å². The molecule has 0 aromatic carbocycles. The molecule has 1 rings (SSSR count). The Morgan fingerprint density at radius 3 is 2.92 bits per heavy atom. The summed E-state index contributed by atoms with van der Waals surface area (Å²) in [5.74, 6) is 0. The summed E-state index contributed by atoms with van der Waals surface area (Å²) >= 11 is 1.47. The number of nitrogens with zero attached hydrogens (tertiary/aromatic N) is 3. The van der Waals surface area contributed by atoms with Gasteiger partial charge in [0.25, 0.3) is 0 Å². The maximum absolute atomic E-state index is 5.45. The number of unbranched alkanes of at least 4 members (excludes halogenated alkanes) is 2. The van der Waals surface area contributed by atoms with Crippen LogP contribution in [-0.4, -0.2) is 23.5 Å². The Balaban J connectivity index is 2.13. The van der Waals surface area contributed by atoms with Crippen LogP contribution in [0.15, 0.2) is 4.99 Å². The molecule has 0 spiro atoms. The molecule has 1 aromatic heterocycles. The minimum Gasteiger partial charge on any atom is -0.374 e. The first-order valence-electron chi connectivity index (χ1n) is 4.31. The van der Waals surface area contributed by atoms with E-state index in [2.05, 4.69) is 15.2 Å². The summed E-state index contributed by atoms with van der Waals surface area (Å²) in [5, 5.41) is 9.29. The molecule has 5 heteroatoms. The van der Waals surface area contributed by atoms with Gasteiger partial charge in [-0.05, 0) is 25.5 Å². The Kier molecular flexibility index (Phi) is 4.39. The van der Waals surface area contributed by atoms with Crippen LogP contribution < -0.4 is 5.73 Å². The first kappa shape index (κ1) is 10.1. The van der Waals surface area contributed by atoms with Crippen molar-refractivity contribution in [2.75, 3.05) is 12.8 Å². The van der Waals surface area contributed by atoms with E-state index in [4.69, 9.17) is 5.73 Å². The molecule has 0 saturated heterocycles. The zero-order chi connectivity index (χ0) is 9.52. The van der Waals surface area contributed by atoms with Crippen LogP contribution in [0.25, 0.3) is 0 Å². The molecule has 0 saturated carbocycles. The van der Waals surface area contributed by atoms with E-state index in [1.54, 1.807) is 7.05 Å². The van der Waals surface area contributed by atoms with Gasteiger partial charge in [0.15, 0.2) is 0 Å². The second kappa shape index (κ2) is 5.64. The average Bonchev–Trinajstić information content (AvgIpc) is 2.51. The van der Waals surface area contributed by atoms with Gasteiger partial charge in [-0.3, -0.25) is 0 Å². The molecule has 4 nitrogen and oxygen atoms in total. The van der Waals surface area contributed by atoms with Crippen molar-refractivity contribution >= 4 is 22.7 Å². The first-order valence-corrected chi connectivity index (χ1v) is 5.13. The summed E-state index contributed by atoms with van der Waals surface area (Å²) in [6.45, 7) is 0.